The lowest BCUT2D eigenvalue weighted by molar-refractivity contribution is 0.171. The Morgan fingerprint density at radius 1 is 1.12 bits per heavy atom. The molecule has 3 N–H and O–H groups in total. The molecule has 0 aliphatic heterocycles. The number of aliphatic imine (C=N–C) groups is 1. The van der Waals surface area contributed by atoms with Crippen LogP contribution in [0.15, 0.2) is 53.8 Å². The van der Waals surface area contributed by atoms with E-state index in [1.54, 1.807) is 7.11 Å². The van der Waals surface area contributed by atoms with Gasteiger partial charge in [0.05, 0.1) is 13.2 Å². The van der Waals surface area contributed by atoms with Gasteiger partial charge >= 0.3 is 0 Å². The normalized spacial score (nSPS) is 11.1. The molecule has 9 heteroatoms. The molecule has 0 atom stereocenters. The molecule has 33 heavy (non-hydrogen) atoms. The number of hydrogen-bond donors (Lipinski definition) is 3. The van der Waals surface area contributed by atoms with Gasteiger partial charge in [0.1, 0.15) is 12.1 Å². The van der Waals surface area contributed by atoms with Crippen molar-refractivity contribution in [2.75, 3.05) is 26.9 Å². The highest BCUT2D eigenvalue weighted by Crippen LogP contribution is 2.21. The molecule has 0 aliphatic carbocycles. The molecular weight excluding hydrogens is 531 g/mol. The maximum Gasteiger partial charge on any atom is 0.191 e. The zero-order valence-corrected chi connectivity index (χ0v) is 21.8. The van der Waals surface area contributed by atoms with Crippen LogP contribution in [0, 0.1) is 6.92 Å². The Hall–Kier alpha value is -2.66. The zero-order chi connectivity index (χ0) is 22.6. The summed E-state index contributed by atoms with van der Waals surface area (Å²) in [4.78, 5) is 8.96. The van der Waals surface area contributed by atoms with Gasteiger partial charge in [-0.25, -0.2) is 9.98 Å². The summed E-state index contributed by atoms with van der Waals surface area (Å²) in [6.45, 7) is 7.37. The number of rotatable bonds is 11. The molecule has 0 bridgehead atoms. The number of halogens is 1. The Balaban J connectivity index is 0.00000385. The van der Waals surface area contributed by atoms with Crippen LogP contribution in [0.3, 0.4) is 0 Å². The molecule has 0 amide bonds. The molecule has 2 aromatic carbocycles. The summed E-state index contributed by atoms with van der Waals surface area (Å²) < 4.78 is 11.1. The molecule has 8 nitrogen and oxygen atoms in total. The molecule has 0 aliphatic rings. The summed E-state index contributed by atoms with van der Waals surface area (Å²) in [5.41, 5.74) is 4.34. The first-order valence-electron chi connectivity index (χ1n) is 10.9. The van der Waals surface area contributed by atoms with E-state index in [2.05, 4.69) is 70.0 Å². The average molecular weight is 564 g/mol. The summed E-state index contributed by atoms with van der Waals surface area (Å²) in [6, 6.07) is 14.4. The van der Waals surface area contributed by atoms with E-state index in [9.17, 15) is 0 Å². The van der Waals surface area contributed by atoms with Crippen molar-refractivity contribution in [1.82, 2.24) is 25.8 Å². The predicted molar refractivity (Wildman–Crippen MR) is 142 cm³/mol. The molecule has 0 radical (unpaired) electrons. The fourth-order valence-corrected chi connectivity index (χ4v) is 3.18. The van der Waals surface area contributed by atoms with E-state index in [-0.39, 0.29) is 24.0 Å². The second-order valence-electron chi connectivity index (χ2n) is 7.39. The van der Waals surface area contributed by atoms with Gasteiger partial charge in [-0.1, -0.05) is 30.3 Å². The van der Waals surface area contributed by atoms with Crippen LogP contribution in [-0.2, 0) is 17.8 Å². The number of nitrogens with one attached hydrogen (secondary N) is 3. The van der Waals surface area contributed by atoms with Gasteiger partial charge in [0.2, 0.25) is 0 Å². The third-order valence-corrected chi connectivity index (χ3v) is 4.80. The van der Waals surface area contributed by atoms with Gasteiger partial charge in [-0.05, 0) is 37.1 Å². The molecule has 0 spiro atoms. The van der Waals surface area contributed by atoms with E-state index in [0.717, 1.165) is 47.2 Å². The SMILES string of the molecule is CCNC(=NCc1cccc(-c2ncn[nH]2)c1)NCc1ccc(C)cc1OCCCOC.I. The first-order chi connectivity index (χ1) is 15.7. The van der Waals surface area contributed by atoms with E-state index in [1.807, 2.05) is 12.1 Å². The molecule has 0 unspecified atom stereocenters. The van der Waals surface area contributed by atoms with Crippen LogP contribution in [-0.4, -0.2) is 48.0 Å². The lowest BCUT2D eigenvalue weighted by Crippen LogP contribution is -2.36. The Morgan fingerprint density at radius 2 is 2.00 bits per heavy atom. The number of aromatic amines is 1. The summed E-state index contributed by atoms with van der Waals surface area (Å²) in [7, 11) is 1.70. The number of guanidine groups is 1. The summed E-state index contributed by atoms with van der Waals surface area (Å²) >= 11 is 0. The smallest absolute Gasteiger partial charge is 0.191 e. The quantitative estimate of drug-likeness (QED) is 0.141. The van der Waals surface area contributed by atoms with E-state index < -0.39 is 0 Å². The topological polar surface area (TPSA) is 96.5 Å². The number of aromatic nitrogens is 3. The van der Waals surface area contributed by atoms with Crippen molar-refractivity contribution in [3.63, 3.8) is 0 Å². The van der Waals surface area contributed by atoms with Crippen molar-refractivity contribution in [3.8, 4) is 17.1 Å². The van der Waals surface area contributed by atoms with Crippen LogP contribution in [0.2, 0.25) is 0 Å². The summed E-state index contributed by atoms with van der Waals surface area (Å²) in [5, 5.41) is 13.5. The van der Waals surface area contributed by atoms with Crippen LogP contribution in [0.4, 0.5) is 0 Å². The molecule has 1 heterocycles. The van der Waals surface area contributed by atoms with Gasteiger partial charge in [0.15, 0.2) is 11.8 Å². The Kier molecular flexibility index (Phi) is 11.7. The van der Waals surface area contributed by atoms with Gasteiger partial charge in [-0.2, -0.15) is 5.10 Å². The van der Waals surface area contributed by atoms with E-state index in [1.165, 1.54) is 11.9 Å². The van der Waals surface area contributed by atoms with Crippen molar-refractivity contribution in [2.24, 2.45) is 4.99 Å². The molecule has 178 valence electrons. The largest absolute Gasteiger partial charge is 0.493 e. The monoisotopic (exact) mass is 564 g/mol. The second-order valence-corrected chi connectivity index (χ2v) is 7.39. The minimum atomic E-state index is 0. The van der Waals surface area contributed by atoms with Crippen LogP contribution < -0.4 is 15.4 Å². The second kappa shape index (κ2) is 14.5. The Bertz CT molecular complexity index is 994. The molecule has 3 rings (SSSR count). The lowest BCUT2D eigenvalue weighted by Gasteiger charge is -2.15. The van der Waals surface area contributed by atoms with Crippen LogP contribution in [0.5, 0.6) is 5.75 Å². The number of methoxy groups -OCH3 is 1. The minimum absolute atomic E-state index is 0. The van der Waals surface area contributed by atoms with Crippen LogP contribution in [0.1, 0.15) is 30.0 Å². The number of aryl methyl sites for hydroxylation is 1. The lowest BCUT2D eigenvalue weighted by atomic mass is 10.1. The summed E-state index contributed by atoms with van der Waals surface area (Å²) in [5.74, 6) is 2.39. The van der Waals surface area contributed by atoms with E-state index in [4.69, 9.17) is 14.5 Å². The predicted octanol–water partition coefficient (Wildman–Crippen LogP) is 4.07. The maximum atomic E-state index is 6.00. The average Bonchev–Trinajstić information content (AvgIpc) is 3.35. The number of H-pyrrole nitrogens is 1. The Morgan fingerprint density at radius 3 is 2.76 bits per heavy atom. The molecule has 0 saturated carbocycles. The van der Waals surface area contributed by atoms with Crippen LogP contribution in [0.25, 0.3) is 11.4 Å². The number of nitrogens with zero attached hydrogens (tertiary/aromatic N) is 3. The molecule has 0 fully saturated rings. The third kappa shape index (κ3) is 8.65. The van der Waals surface area contributed by atoms with Crippen LogP contribution >= 0.6 is 24.0 Å². The van der Waals surface area contributed by atoms with Gasteiger partial charge in [0.25, 0.3) is 0 Å². The van der Waals surface area contributed by atoms with Gasteiger partial charge in [0, 0.05) is 44.4 Å². The number of benzene rings is 2. The van der Waals surface area contributed by atoms with E-state index >= 15 is 0 Å². The van der Waals surface area contributed by atoms with Crippen molar-refractivity contribution in [3.05, 3.63) is 65.5 Å². The molecular formula is C24H33IN6O2. The standard InChI is InChI=1S/C24H32N6O2.HI/c1-4-25-24(26-15-19-7-5-8-20(14-19)23-28-17-29-30-23)27-16-21-10-9-18(2)13-22(21)32-12-6-11-31-3;/h5,7-10,13-14,17H,4,6,11-12,15-16H2,1-3H3,(H2,25,26,27)(H,28,29,30);1H. The van der Waals surface area contributed by atoms with Gasteiger partial charge in [-0.15, -0.1) is 24.0 Å². The van der Waals surface area contributed by atoms with Crippen molar-refractivity contribution < 1.29 is 9.47 Å². The fraction of sp³-hybridized carbons (Fsp3) is 0.375. The number of hydrogen-bond acceptors (Lipinski definition) is 5. The first-order valence-corrected chi connectivity index (χ1v) is 10.9. The maximum absolute atomic E-state index is 6.00. The van der Waals surface area contributed by atoms with Crippen molar-refractivity contribution >= 4 is 29.9 Å². The fourth-order valence-electron chi connectivity index (χ4n) is 3.18. The highest BCUT2D eigenvalue weighted by atomic mass is 127. The van der Waals surface area contributed by atoms with E-state index in [0.29, 0.717) is 26.3 Å². The van der Waals surface area contributed by atoms with Crippen molar-refractivity contribution in [2.45, 2.75) is 33.4 Å². The van der Waals surface area contributed by atoms with Crippen molar-refractivity contribution in [1.29, 1.82) is 0 Å². The molecule has 0 saturated heterocycles. The first kappa shape index (κ1) is 26.6. The molecule has 1 aromatic heterocycles. The minimum Gasteiger partial charge on any atom is -0.493 e. The molecule has 3 aromatic rings. The highest BCUT2D eigenvalue weighted by Gasteiger charge is 2.07. The van der Waals surface area contributed by atoms with Gasteiger partial charge in [-0.3, -0.25) is 5.10 Å². The van der Waals surface area contributed by atoms with Gasteiger partial charge < -0.3 is 20.1 Å². The highest BCUT2D eigenvalue weighted by molar-refractivity contribution is 14.0. The Labute approximate surface area is 212 Å². The third-order valence-electron chi connectivity index (χ3n) is 4.80. The summed E-state index contributed by atoms with van der Waals surface area (Å²) in [6.07, 6.45) is 2.36. The zero-order valence-electron chi connectivity index (χ0n) is 19.4. The number of ether oxygens (including phenoxy) is 2.